The van der Waals surface area contributed by atoms with Crippen molar-refractivity contribution in [2.24, 2.45) is 5.73 Å². The van der Waals surface area contributed by atoms with Gasteiger partial charge in [-0.3, -0.25) is 4.79 Å². The number of nitrogens with zero attached hydrogens (tertiary/aromatic N) is 3. The first-order chi connectivity index (χ1) is 9.96. The molecule has 1 aromatic heterocycles. The zero-order valence-electron chi connectivity index (χ0n) is 11.7. The molecule has 114 valence electrons. The highest BCUT2D eigenvalue weighted by Gasteiger charge is 2.31. The first-order valence-electron chi connectivity index (χ1n) is 7.08. The Hall–Kier alpha value is -1.70. The van der Waals surface area contributed by atoms with E-state index in [-0.39, 0.29) is 17.4 Å². The number of nitrogens with two attached hydrogens (primary N) is 1. The molecule has 0 bridgehead atoms. The van der Waals surface area contributed by atoms with E-state index < -0.39 is 15.7 Å². The fourth-order valence-electron chi connectivity index (χ4n) is 2.53. The van der Waals surface area contributed by atoms with Gasteiger partial charge in [-0.15, -0.1) is 0 Å². The van der Waals surface area contributed by atoms with Crippen LogP contribution >= 0.6 is 0 Å². The Labute approximate surface area is 123 Å². The summed E-state index contributed by atoms with van der Waals surface area (Å²) >= 11 is 0. The minimum absolute atomic E-state index is 0.118. The number of hydrogen-bond acceptors (Lipinski definition) is 6. The molecular formula is C13H18N4O3S. The van der Waals surface area contributed by atoms with Crippen molar-refractivity contribution >= 4 is 21.7 Å². The van der Waals surface area contributed by atoms with Gasteiger partial charge in [0.05, 0.1) is 22.8 Å². The van der Waals surface area contributed by atoms with Gasteiger partial charge in [-0.05, 0) is 19.3 Å². The zero-order valence-corrected chi connectivity index (χ0v) is 12.5. The van der Waals surface area contributed by atoms with E-state index in [2.05, 4.69) is 9.97 Å². The summed E-state index contributed by atoms with van der Waals surface area (Å²) in [5.41, 5.74) is 6.44. The molecule has 7 nitrogen and oxygen atoms in total. The third-order valence-electron chi connectivity index (χ3n) is 3.87. The quantitative estimate of drug-likeness (QED) is 0.847. The number of sulfone groups is 1. The Morgan fingerprint density at radius 2 is 2.05 bits per heavy atom. The predicted octanol–water partition coefficient (Wildman–Crippen LogP) is 0.0778. The van der Waals surface area contributed by atoms with Gasteiger partial charge in [0.25, 0.3) is 5.91 Å². The number of anilines is 1. The van der Waals surface area contributed by atoms with Crippen molar-refractivity contribution in [2.75, 3.05) is 29.5 Å². The highest BCUT2D eigenvalue weighted by Crippen LogP contribution is 2.40. The smallest absolute Gasteiger partial charge is 0.252 e. The molecule has 2 aliphatic rings. The SMILES string of the molecule is NC(=O)c1cnc(N2CCCS(=O)(=O)CC2)nc1C1CC1. The molecule has 0 atom stereocenters. The Bertz CT molecular complexity index is 670. The van der Waals surface area contributed by atoms with Crippen molar-refractivity contribution in [3.63, 3.8) is 0 Å². The molecule has 0 radical (unpaired) electrons. The van der Waals surface area contributed by atoms with Gasteiger partial charge < -0.3 is 10.6 Å². The maximum atomic E-state index is 11.6. The molecule has 0 aromatic carbocycles. The van der Waals surface area contributed by atoms with Crippen LogP contribution in [0.3, 0.4) is 0 Å². The molecule has 1 saturated heterocycles. The van der Waals surface area contributed by atoms with Crippen molar-refractivity contribution in [2.45, 2.75) is 25.2 Å². The normalized spacial score (nSPS) is 21.8. The van der Waals surface area contributed by atoms with Crippen LogP contribution in [0.4, 0.5) is 5.95 Å². The van der Waals surface area contributed by atoms with Gasteiger partial charge in [-0.1, -0.05) is 0 Å². The molecule has 2 fully saturated rings. The van der Waals surface area contributed by atoms with Crippen molar-refractivity contribution in [3.05, 3.63) is 17.5 Å². The minimum Gasteiger partial charge on any atom is -0.365 e. The van der Waals surface area contributed by atoms with E-state index >= 15 is 0 Å². The maximum absolute atomic E-state index is 11.6. The third-order valence-corrected chi connectivity index (χ3v) is 5.59. The third kappa shape index (κ3) is 3.15. The van der Waals surface area contributed by atoms with Gasteiger partial charge in [0.1, 0.15) is 0 Å². The lowest BCUT2D eigenvalue weighted by Crippen LogP contribution is -2.29. The second-order valence-electron chi connectivity index (χ2n) is 5.60. The fraction of sp³-hybridized carbons (Fsp3) is 0.615. The van der Waals surface area contributed by atoms with Crippen LogP contribution in [0.25, 0.3) is 0 Å². The lowest BCUT2D eigenvalue weighted by Gasteiger charge is -2.20. The van der Waals surface area contributed by atoms with E-state index in [0.717, 1.165) is 12.8 Å². The minimum atomic E-state index is -2.97. The Morgan fingerprint density at radius 1 is 1.29 bits per heavy atom. The number of carbonyl (C=O) groups excluding carboxylic acids is 1. The van der Waals surface area contributed by atoms with Gasteiger partial charge >= 0.3 is 0 Å². The molecule has 1 aliphatic carbocycles. The van der Waals surface area contributed by atoms with Crippen LogP contribution in [0.1, 0.15) is 41.2 Å². The molecule has 3 rings (SSSR count). The Balaban J connectivity index is 1.88. The standard InChI is InChI=1S/C13H18N4O3S/c14-12(18)10-8-15-13(16-11(10)9-2-3-9)17-4-1-6-21(19,20)7-5-17/h8-9H,1-7H2,(H2,14,18). The van der Waals surface area contributed by atoms with Crippen LogP contribution in [-0.4, -0.2) is 48.9 Å². The molecule has 1 amide bonds. The van der Waals surface area contributed by atoms with E-state index in [4.69, 9.17) is 5.73 Å². The monoisotopic (exact) mass is 310 g/mol. The molecule has 1 aliphatic heterocycles. The van der Waals surface area contributed by atoms with E-state index in [0.29, 0.717) is 36.7 Å². The van der Waals surface area contributed by atoms with Crippen molar-refractivity contribution < 1.29 is 13.2 Å². The average molecular weight is 310 g/mol. The van der Waals surface area contributed by atoms with E-state index in [1.54, 1.807) is 0 Å². The topological polar surface area (TPSA) is 106 Å². The van der Waals surface area contributed by atoms with Crippen LogP contribution in [-0.2, 0) is 9.84 Å². The molecular weight excluding hydrogens is 292 g/mol. The maximum Gasteiger partial charge on any atom is 0.252 e. The highest BCUT2D eigenvalue weighted by atomic mass is 32.2. The van der Waals surface area contributed by atoms with Gasteiger partial charge in [0.2, 0.25) is 5.95 Å². The fourth-order valence-corrected chi connectivity index (χ4v) is 3.81. The number of primary amides is 1. The first kappa shape index (κ1) is 14.2. The Morgan fingerprint density at radius 3 is 2.71 bits per heavy atom. The number of rotatable bonds is 3. The highest BCUT2D eigenvalue weighted by molar-refractivity contribution is 7.91. The van der Waals surface area contributed by atoms with Gasteiger partial charge in [0, 0.05) is 25.2 Å². The van der Waals surface area contributed by atoms with Crippen molar-refractivity contribution in [3.8, 4) is 0 Å². The summed E-state index contributed by atoms with van der Waals surface area (Å²) in [6.45, 7) is 1.00. The van der Waals surface area contributed by atoms with Crippen molar-refractivity contribution in [1.82, 2.24) is 9.97 Å². The van der Waals surface area contributed by atoms with Crippen LogP contribution in [0, 0.1) is 0 Å². The number of amides is 1. The molecule has 2 N–H and O–H groups in total. The van der Waals surface area contributed by atoms with Crippen LogP contribution in [0.5, 0.6) is 0 Å². The molecule has 0 spiro atoms. The van der Waals surface area contributed by atoms with E-state index in [1.807, 2.05) is 4.90 Å². The summed E-state index contributed by atoms with van der Waals surface area (Å²) in [4.78, 5) is 22.0. The molecule has 1 aromatic rings. The van der Waals surface area contributed by atoms with Gasteiger partial charge in [-0.25, -0.2) is 18.4 Å². The molecule has 2 heterocycles. The van der Waals surface area contributed by atoms with Crippen molar-refractivity contribution in [1.29, 1.82) is 0 Å². The summed E-state index contributed by atoms with van der Waals surface area (Å²) in [6.07, 6.45) is 4.05. The van der Waals surface area contributed by atoms with E-state index in [1.165, 1.54) is 6.20 Å². The average Bonchev–Trinajstić information content (AvgIpc) is 3.25. The van der Waals surface area contributed by atoms with Gasteiger partial charge in [-0.2, -0.15) is 0 Å². The summed E-state index contributed by atoms with van der Waals surface area (Å²) in [5, 5.41) is 0. The number of hydrogen-bond donors (Lipinski definition) is 1. The second kappa shape index (κ2) is 5.25. The summed E-state index contributed by atoms with van der Waals surface area (Å²) in [6, 6.07) is 0. The van der Waals surface area contributed by atoms with Gasteiger partial charge in [0.15, 0.2) is 9.84 Å². The molecule has 8 heteroatoms. The zero-order chi connectivity index (χ0) is 15.0. The van der Waals surface area contributed by atoms with Crippen LogP contribution in [0.2, 0.25) is 0 Å². The second-order valence-corrected chi connectivity index (χ2v) is 7.90. The Kier molecular flexibility index (Phi) is 3.56. The van der Waals surface area contributed by atoms with Crippen LogP contribution in [0.15, 0.2) is 6.20 Å². The van der Waals surface area contributed by atoms with Crippen LogP contribution < -0.4 is 10.6 Å². The summed E-state index contributed by atoms with van der Waals surface area (Å²) < 4.78 is 23.3. The first-order valence-corrected chi connectivity index (χ1v) is 8.90. The summed E-state index contributed by atoms with van der Waals surface area (Å²) in [7, 11) is -2.97. The lowest BCUT2D eigenvalue weighted by atomic mass is 10.1. The summed E-state index contributed by atoms with van der Waals surface area (Å²) in [5.74, 6) is 0.594. The number of carbonyl (C=O) groups is 1. The molecule has 0 unspecified atom stereocenters. The number of aromatic nitrogens is 2. The molecule has 21 heavy (non-hydrogen) atoms. The largest absolute Gasteiger partial charge is 0.365 e. The molecule has 1 saturated carbocycles. The lowest BCUT2D eigenvalue weighted by molar-refractivity contribution is 0.0998. The van der Waals surface area contributed by atoms with E-state index in [9.17, 15) is 13.2 Å². The predicted molar refractivity (Wildman–Crippen MR) is 78.0 cm³/mol.